The molecule has 0 spiro atoms. The van der Waals surface area contributed by atoms with E-state index in [-0.39, 0.29) is 11.2 Å². The molecule has 120 valence electrons. The minimum Gasteiger partial charge on any atom is -0.311 e. The second-order valence-electron chi connectivity index (χ2n) is 7.15. The summed E-state index contributed by atoms with van der Waals surface area (Å²) >= 11 is 0. The van der Waals surface area contributed by atoms with E-state index in [9.17, 15) is 13.2 Å². The summed E-state index contributed by atoms with van der Waals surface area (Å²) in [6.07, 6.45) is 2.27. The van der Waals surface area contributed by atoms with Gasteiger partial charge in [0, 0.05) is 17.6 Å². The average Bonchev–Trinajstić information content (AvgIpc) is 3.19. The quantitative estimate of drug-likeness (QED) is 0.930. The molecule has 1 heterocycles. The monoisotopic (exact) mass is 322 g/mol. The van der Waals surface area contributed by atoms with Crippen LogP contribution in [-0.2, 0) is 21.2 Å². The van der Waals surface area contributed by atoms with E-state index in [0.29, 0.717) is 12.2 Å². The number of sulfonamides is 1. The third-order valence-electron chi connectivity index (χ3n) is 4.09. The van der Waals surface area contributed by atoms with Crippen LogP contribution in [0.1, 0.15) is 39.2 Å². The number of nitrogens with one attached hydrogen (secondary N) is 1. The molecule has 6 heteroatoms. The number of hydrogen-bond acceptors (Lipinski definition) is 3. The van der Waals surface area contributed by atoms with Crippen LogP contribution in [0.25, 0.3) is 0 Å². The highest BCUT2D eigenvalue weighted by atomic mass is 32.2. The van der Waals surface area contributed by atoms with E-state index in [1.807, 2.05) is 26.8 Å². The number of rotatable bonds is 3. The smallest absolute Gasteiger partial charge is 0.235 e. The third-order valence-corrected chi connectivity index (χ3v) is 5.96. The van der Waals surface area contributed by atoms with Gasteiger partial charge < -0.3 is 4.90 Å². The second-order valence-corrected chi connectivity index (χ2v) is 9.11. The van der Waals surface area contributed by atoms with Crippen molar-refractivity contribution in [2.45, 2.75) is 45.3 Å². The Hall–Kier alpha value is -1.56. The fourth-order valence-corrected chi connectivity index (χ4v) is 4.06. The Morgan fingerprint density at radius 1 is 1.27 bits per heavy atom. The van der Waals surface area contributed by atoms with Crippen molar-refractivity contribution in [3.8, 4) is 0 Å². The predicted octanol–water partition coefficient (Wildman–Crippen LogP) is 2.53. The molecule has 2 aliphatic rings. The maximum Gasteiger partial charge on any atom is 0.235 e. The molecule has 1 fully saturated rings. The molecule has 0 unspecified atom stereocenters. The molecule has 1 aromatic rings. The number of benzene rings is 1. The van der Waals surface area contributed by atoms with Crippen molar-refractivity contribution in [2.24, 2.45) is 5.41 Å². The Kier molecular flexibility index (Phi) is 3.47. The normalized spacial score (nSPS) is 18.2. The van der Waals surface area contributed by atoms with E-state index < -0.39 is 15.4 Å². The van der Waals surface area contributed by atoms with E-state index in [1.54, 1.807) is 17.0 Å². The zero-order valence-electron chi connectivity index (χ0n) is 13.2. The highest BCUT2D eigenvalue weighted by Crippen LogP contribution is 2.35. The summed E-state index contributed by atoms with van der Waals surface area (Å²) in [5, 5.41) is -0.256. The van der Waals surface area contributed by atoms with Crippen LogP contribution in [0.5, 0.6) is 0 Å². The van der Waals surface area contributed by atoms with E-state index >= 15 is 0 Å². The van der Waals surface area contributed by atoms with Crippen molar-refractivity contribution in [2.75, 3.05) is 16.2 Å². The number of nitrogens with zero attached hydrogens (tertiary/aromatic N) is 1. The molecular formula is C16H22N2O3S. The largest absolute Gasteiger partial charge is 0.311 e. The molecule has 1 saturated carbocycles. The van der Waals surface area contributed by atoms with Crippen molar-refractivity contribution < 1.29 is 13.2 Å². The van der Waals surface area contributed by atoms with Gasteiger partial charge in [0.15, 0.2) is 0 Å². The first-order valence-corrected chi connectivity index (χ1v) is 9.20. The van der Waals surface area contributed by atoms with Crippen LogP contribution < -0.4 is 9.62 Å². The molecule has 3 rings (SSSR count). The number of carbonyl (C=O) groups is 1. The highest BCUT2D eigenvalue weighted by Gasteiger charge is 2.36. The van der Waals surface area contributed by atoms with Crippen molar-refractivity contribution in [3.63, 3.8) is 0 Å². The topological polar surface area (TPSA) is 66.5 Å². The number of anilines is 2. The summed E-state index contributed by atoms with van der Waals surface area (Å²) in [4.78, 5) is 14.3. The summed E-state index contributed by atoms with van der Waals surface area (Å²) in [5.74, 6) is 0.0634. The minimum atomic E-state index is -3.28. The van der Waals surface area contributed by atoms with Gasteiger partial charge in [0.05, 0.1) is 10.9 Å². The van der Waals surface area contributed by atoms with Crippen molar-refractivity contribution >= 4 is 27.3 Å². The van der Waals surface area contributed by atoms with Crippen molar-refractivity contribution in [1.82, 2.24) is 0 Å². The molecular weight excluding hydrogens is 300 g/mol. The van der Waals surface area contributed by atoms with E-state index in [2.05, 4.69) is 4.72 Å². The van der Waals surface area contributed by atoms with E-state index in [0.717, 1.165) is 30.5 Å². The van der Waals surface area contributed by atoms with Crippen LogP contribution in [0.4, 0.5) is 11.4 Å². The van der Waals surface area contributed by atoms with Gasteiger partial charge >= 0.3 is 0 Å². The maximum absolute atomic E-state index is 12.5. The van der Waals surface area contributed by atoms with Crippen molar-refractivity contribution in [1.29, 1.82) is 0 Å². The fourth-order valence-electron chi connectivity index (χ4n) is 2.68. The van der Waals surface area contributed by atoms with Crippen LogP contribution in [0.2, 0.25) is 0 Å². The van der Waals surface area contributed by atoms with Gasteiger partial charge in [-0.3, -0.25) is 9.52 Å². The van der Waals surface area contributed by atoms with E-state index in [1.165, 1.54) is 0 Å². The molecule has 0 aromatic heterocycles. The van der Waals surface area contributed by atoms with Crippen LogP contribution in [0.15, 0.2) is 18.2 Å². The Labute approximate surface area is 131 Å². The molecule has 1 aliphatic carbocycles. The zero-order valence-corrected chi connectivity index (χ0v) is 14.0. The lowest BCUT2D eigenvalue weighted by molar-refractivity contribution is -0.125. The molecule has 22 heavy (non-hydrogen) atoms. The number of amides is 1. The number of carbonyl (C=O) groups excluding carboxylic acids is 1. The van der Waals surface area contributed by atoms with Gasteiger partial charge in [-0.1, -0.05) is 26.8 Å². The van der Waals surface area contributed by atoms with Gasteiger partial charge in [-0.2, -0.15) is 0 Å². The molecule has 0 atom stereocenters. The van der Waals surface area contributed by atoms with Crippen LogP contribution in [-0.4, -0.2) is 26.1 Å². The number of fused-ring (bicyclic) bond motifs is 1. The van der Waals surface area contributed by atoms with Gasteiger partial charge in [0.2, 0.25) is 15.9 Å². The van der Waals surface area contributed by atoms with Gasteiger partial charge in [-0.25, -0.2) is 8.42 Å². The molecule has 0 saturated heterocycles. The van der Waals surface area contributed by atoms with Crippen molar-refractivity contribution in [3.05, 3.63) is 23.8 Å². The Morgan fingerprint density at radius 3 is 2.55 bits per heavy atom. The van der Waals surface area contributed by atoms with Gasteiger partial charge in [-0.15, -0.1) is 0 Å². The molecule has 1 amide bonds. The fraction of sp³-hybridized carbons (Fsp3) is 0.562. The first-order chi connectivity index (χ1) is 10.2. The molecule has 5 nitrogen and oxygen atoms in total. The Balaban J connectivity index is 1.88. The summed E-state index contributed by atoms with van der Waals surface area (Å²) < 4.78 is 26.7. The summed E-state index contributed by atoms with van der Waals surface area (Å²) in [6.45, 7) is 6.34. The van der Waals surface area contributed by atoms with Crippen LogP contribution in [0, 0.1) is 5.41 Å². The number of hydrogen-bond donors (Lipinski definition) is 1. The first-order valence-electron chi connectivity index (χ1n) is 7.65. The van der Waals surface area contributed by atoms with Gasteiger partial charge in [0.25, 0.3) is 0 Å². The first kappa shape index (κ1) is 15.3. The van der Waals surface area contributed by atoms with Gasteiger partial charge in [-0.05, 0) is 37.0 Å². The average molecular weight is 322 g/mol. The zero-order chi connectivity index (χ0) is 16.1. The SMILES string of the molecule is CC(C)(C)C(=O)N1CCc2ccc(NS(=O)(=O)C3CC3)cc21. The summed E-state index contributed by atoms with van der Waals surface area (Å²) in [7, 11) is -3.28. The van der Waals surface area contributed by atoms with Gasteiger partial charge in [0.1, 0.15) is 0 Å². The predicted molar refractivity (Wildman–Crippen MR) is 87.5 cm³/mol. The molecule has 0 radical (unpaired) electrons. The molecule has 1 aromatic carbocycles. The van der Waals surface area contributed by atoms with Crippen LogP contribution >= 0.6 is 0 Å². The maximum atomic E-state index is 12.5. The molecule has 1 aliphatic heterocycles. The lowest BCUT2D eigenvalue weighted by Gasteiger charge is -2.26. The standard InChI is InChI=1S/C16H22N2O3S/c1-16(2,3)15(19)18-9-8-11-4-5-12(10-14(11)18)17-22(20,21)13-6-7-13/h4-5,10,13,17H,6-9H2,1-3H3. The lowest BCUT2D eigenvalue weighted by Crippen LogP contribution is -2.38. The molecule has 1 N–H and O–H groups in total. The summed E-state index contributed by atoms with van der Waals surface area (Å²) in [6, 6.07) is 5.48. The Morgan fingerprint density at radius 2 is 1.95 bits per heavy atom. The highest BCUT2D eigenvalue weighted by molar-refractivity contribution is 7.93. The lowest BCUT2D eigenvalue weighted by atomic mass is 9.94. The third kappa shape index (κ3) is 2.84. The second kappa shape index (κ2) is 4.98. The van der Waals surface area contributed by atoms with Crippen LogP contribution in [0.3, 0.4) is 0 Å². The molecule has 0 bridgehead atoms. The Bertz CT molecular complexity index is 715. The minimum absolute atomic E-state index is 0.0634. The van der Waals surface area contributed by atoms with E-state index in [4.69, 9.17) is 0 Å². The summed E-state index contributed by atoms with van der Waals surface area (Å²) in [5.41, 5.74) is 2.01.